The van der Waals surface area contributed by atoms with Gasteiger partial charge in [-0.1, -0.05) is 6.42 Å². The molecule has 0 aromatic carbocycles. The van der Waals surface area contributed by atoms with Crippen LogP contribution in [-0.4, -0.2) is 77.3 Å². The van der Waals surface area contributed by atoms with E-state index in [2.05, 4.69) is 16.9 Å². The molecule has 132 valence electrons. The van der Waals surface area contributed by atoms with Gasteiger partial charge in [-0.3, -0.25) is 9.59 Å². The third-order valence-electron chi connectivity index (χ3n) is 5.36. The first kappa shape index (κ1) is 17.0. The second-order valence-corrected chi connectivity index (χ2v) is 6.93. The standard InChI is InChI=1S/C18H28N4O2/c1-20-10-3-2-5-15(20)7-8-17(23)21-11-13-22(14-12-21)18(24)16-6-4-9-19-16/h4,6,9,15,19H,2-3,5,7-8,10-14H2,1H3/t15-/m0/s1. The van der Waals surface area contributed by atoms with Crippen molar-refractivity contribution in [1.82, 2.24) is 19.7 Å². The molecule has 0 unspecified atom stereocenters. The predicted octanol–water partition coefficient (Wildman–Crippen LogP) is 1.56. The van der Waals surface area contributed by atoms with Crippen molar-refractivity contribution >= 4 is 11.8 Å². The first-order valence-electron chi connectivity index (χ1n) is 9.06. The molecule has 24 heavy (non-hydrogen) atoms. The number of aromatic nitrogens is 1. The number of piperazine rings is 1. The lowest BCUT2D eigenvalue weighted by atomic mass is 9.98. The molecular weight excluding hydrogens is 304 g/mol. The van der Waals surface area contributed by atoms with Crippen molar-refractivity contribution in [3.63, 3.8) is 0 Å². The van der Waals surface area contributed by atoms with E-state index in [1.54, 1.807) is 12.3 Å². The summed E-state index contributed by atoms with van der Waals surface area (Å²) >= 11 is 0. The molecule has 1 atom stereocenters. The zero-order valence-corrected chi connectivity index (χ0v) is 14.5. The van der Waals surface area contributed by atoms with Gasteiger partial charge < -0.3 is 19.7 Å². The second-order valence-electron chi connectivity index (χ2n) is 6.93. The Morgan fingerprint density at radius 1 is 1.12 bits per heavy atom. The van der Waals surface area contributed by atoms with Crippen LogP contribution in [0, 0.1) is 0 Å². The summed E-state index contributed by atoms with van der Waals surface area (Å²) in [5.41, 5.74) is 0.620. The number of nitrogens with one attached hydrogen (secondary N) is 1. The fourth-order valence-corrected chi connectivity index (χ4v) is 3.75. The van der Waals surface area contributed by atoms with E-state index in [-0.39, 0.29) is 11.8 Å². The third kappa shape index (κ3) is 3.98. The minimum Gasteiger partial charge on any atom is -0.357 e. The Bertz CT molecular complexity index is 549. The van der Waals surface area contributed by atoms with Crippen molar-refractivity contribution in [2.45, 2.75) is 38.1 Å². The topological polar surface area (TPSA) is 59.7 Å². The number of amides is 2. The van der Waals surface area contributed by atoms with Crippen LogP contribution < -0.4 is 0 Å². The predicted molar refractivity (Wildman–Crippen MR) is 92.8 cm³/mol. The maximum Gasteiger partial charge on any atom is 0.270 e. The number of piperidine rings is 1. The smallest absolute Gasteiger partial charge is 0.270 e. The first-order valence-corrected chi connectivity index (χ1v) is 9.06. The Morgan fingerprint density at radius 3 is 2.54 bits per heavy atom. The van der Waals surface area contributed by atoms with Gasteiger partial charge in [0.2, 0.25) is 5.91 Å². The van der Waals surface area contributed by atoms with Crippen LogP contribution in [0.15, 0.2) is 18.3 Å². The monoisotopic (exact) mass is 332 g/mol. The van der Waals surface area contributed by atoms with Gasteiger partial charge in [-0.05, 0) is 45.0 Å². The van der Waals surface area contributed by atoms with E-state index in [1.807, 2.05) is 15.9 Å². The van der Waals surface area contributed by atoms with Crippen LogP contribution >= 0.6 is 0 Å². The lowest BCUT2D eigenvalue weighted by molar-refractivity contribution is -0.133. The fraction of sp³-hybridized carbons (Fsp3) is 0.667. The molecule has 6 nitrogen and oxygen atoms in total. The quantitative estimate of drug-likeness (QED) is 0.910. The van der Waals surface area contributed by atoms with Gasteiger partial charge in [0, 0.05) is 44.8 Å². The van der Waals surface area contributed by atoms with Gasteiger partial charge in [-0.2, -0.15) is 0 Å². The normalized spacial score (nSPS) is 22.6. The molecule has 0 spiro atoms. The zero-order valence-electron chi connectivity index (χ0n) is 14.5. The molecule has 0 aliphatic carbocycles. The van der Waals surface area contributed by atoms with Crippen LogP contribution in [0.5, 0.6) is 0 Å². The average molecular weight is 332 g/mol. The molecule has 0 saturated carbocycles. The molecule has 2 amide bonds. The SMILES string of the molecule is CN1CCCC[C@H]1CCC(=O)N1CCN(C(=O)c2ccc[nH]2)CC1. The number of hydrogen-bond donors (Lipinski definition) is 1. The summed E-state index contributed by atoms with van der Waals surface area (Å²) in [7, 11) is 2.17. The highest BCUT2D eigenvalue weighted by Crippen LogP contribution is 2.19. The summed E-state index contributed by atoms with van der Waals surface area (Å²) in [5.74, 6) is 0.261. The third-order valence-corrected chi connectivity index (χ3v) is 5.36. The zero-order chi connectivity index (χ0) is 16.9. The van der Waals surface area contributed by atoms with Gasteiger partial charge in [0.25, 0.3) is 5.91 Å². The number of carbonyl (C=O) groups is 2. The van der Waals surface area contributed by atoms with E-state index in [0.717, 1.165) is 13.0 Å². The molecule has 3 rings (SSSR count). The molecule has 2 aliphatic heterocycles. The second kappa shape index (κ2) is 7.83. The highest BCUT2D eigenvalue weighted by Gasteiger charge is 2.26. The molecule has 3 heterocycles. The number of nitrogens with zero attached hydrogens (tertiary/aromatic N) is 3. The van der Waals surface area contributed by atoms with Crippen molar-refractivity contribution < 1.29 is 9.59 Å². The summed E-state index contributed by atoms with van der Waals surface area (Å²) in [6.07, 6.45) is 7.11. The van der Waals surface area contributed by atoms with Crippen molar-refractivity contribution in [2.75, 3.05) is 39.8 Å². The number of H-pyrrole nitrogens is 1. The van der Waals surface area contributed by atoms with Gasteiger partial charge in [-0.15, -0.1) is 0 Å². The van der Waals surface area contributed by atoms with Gasteiger partial charge in [0.15, 0.2) is 0 Å². The van der Waals surface area contributed by atoms with Gasteiger partial charge in [0.05, 0.1) is 0 Å². The largest absolute Gasteiger partial charge is 0.357 e. The average Bonchev–Trinajstić information content (AvgIpc) is 3.15. The highest BCUT2D eigenvalue weighted by molar-refractivity contribution is 5.92. The van der Waals surface area contributed by atoms with Crippen LogP contribution in [0.4, 0.5) is 0 Å². The van der Waals surface area contributed by atoms with Crippen LogP contribution in [0.1, 0.15) is 42.6 Å². The van der Waals surface area contributed by atoms with Crippen LogP contribution in [0.3, 0.4) is 0 Å². The first-order chi connectivity index (χ1) is 11.6. The molecule has 0 radical (unpaired) electrons. The summed E-state index contributed by atoms with van der Waals surface area (Å²) in [6.45, 7) is 3.68. The number of carbonyl (C=O) groups excluding carboxylic acids is 2. The Hall–Kier alpha value is -1.82. The van der Waals surface area contributed by atoms with E-state index in [4.69, 9.17) is 0 Å². The molecule has 1 aromatic heterocycles. The lowest BCUT2D eigenvalue weighted by Gasteiger charge is -2.36. The van der Waals surface area contributed by atoms with Crippen LogP contribution in [-0.2, 0) is 4.79 Å². The highest BCUT2D eigenvalue weighted by atomic mass is 16.2. The molecule has 2 aliphatic rings. The minimum absolute atomic E-state index is 0.0240. The van der Waals surface area contributed by atoms with Gasteiger partial charge in [0.1, 0.15) is 5.69 Å². The summed E-state index contributed by atoms with van der Waals surface area (Å²) in [4.78, 5) is 33.8. The Morgan fingerprint density at radius 2 is 1.88 bits per heavy atom. The number of aromatic amines is 1. The summed E-state index contributed by atoms with van der Waals surface area (Å²) < 4.78 is 0. The Labute approximate surface area is 143 Å². The van der Waals surface area contributed by atoms with Crippen LogP contribution in [0.25, 0.3) is 0 Å². The maximum atomic E-state index is 12.5. The molecule has 2 saturated heterocycles. The van der Waals surface area contributed by atoms with E-state index < -0.39 is 0 Å². The molecule has 1 aromatic rings. The van der Waals surface area contributed by atoms with E-state index in [9.17, 15) is 9.59 Å². The molecule has 6 heteroatoms. The summed E-state index contributed by atoms with van der Waals surface area (Å²) in [6, 6.07) is 4.17. The number of likely N-dealkylation sites (tertiary alicyclic amines) is 1. The molecule has 0 bridgehead atoms. The molecule has 2 fully saturated rings. The van der Waals surface area contributed by atoms with Gasteiger partial charge >= 0.3 is 0 Å². The van der Waals surface area contributed by atoms with Crippen molar-refractivity contribution in [1.29, 1.82) is 0 Å². The van der Waals surface area contributed by atoms with Crippen LogP contribution in [0.2, 0.25) is 0 Å². The van der Waals surface area contributed by atoms with E-state index in [1.165, 1.54) is 19.3 Å². The summed E-state index contributed by atoms with van der Waals surface area (Å²) in [5, 5.41) is 0. The number of hydrogen-bond acceptors (Lipinski definition) is 3. The van der Waals surface area contributed by atoms with Crippen molar-refractivity contribution in [3.8, 4) is 0 Å². The maximum absolute atomic E-state index is 12.5. The Kier molecular flexibility index (Phi) is 5.56. The van der Waals surface area contributed by atoms with Crippen molar-refractivity contribution in [3.05, 3.63) is 24.0 Å². The minimum atomic E-state index is 0.0240. The Balaban J connectivity index is 1.42. The van der Waals surface area contributed by atoms with Crippen molar-refractivity contribution in [2.24, 2.45) is 0 Å². The number of rotatable bonds is 4. The molecular formula is C18H28N4O2. The lowest BCUT2D eigenvalue weighted by Crippen LogP contribution is -2.50. The van der Waals surface area contributed by atoms with Gasteiger partial charge in [-0.25, -0.2) is 0 Å². The van der Waals surface area contributed by atoms with E-state index in [0.29, 0.717) is 44.3 Å². The fourth-order valence-electron chi connectivity index (χ4n) is 3.75. The molecule has 1 N–H and O–H groups in total. The van der Waals surface area contributed by atoms with E-state index >= 15 is 0 Å².